The summed E-state index contributed by atoms with van der Waals surface area (Å²) in [4.78, 5) is 14.4. The summed E-state index contributed by atoms with van der Waals surface area (Å²) in [6.45, 7) is 8.40. The van der Waals surface area contributed by atoms with E-state index < -0.39 is 5.54 Å². The van der Waals surface area contributed by atoms with Crippen molar-refractivity contribution in [1.29, 1.82) is 0 Å². The van der Waals surface area contributed by atoms with Crippen LogP contribution < -0.4 is 5.73 Å². The first kappa shape index (κ1) is 15.7. The maximum atomic E-state index is 12.3. The Morgan fingerprint density at radius 3 is 2.26 bits per heavy atom. The van der Waals surface area contributed by atoms with Crippen molar-refractivity contribution in [2.24, 2.45) is 5.73 Å². The number of hydrogen-bond acceptors (Lipinski definition) is 4. The summed E-state index contributed by atoms with van der Waals surface area (Å²) in [5.74, 6) is -0.367. The molecule has 0 fully saturated rings. The number of nitrogens with two attached hydrogens (primary N) is 1. The molecule has 0 bridgehead atoms. The highest BCUT2D eigenvalue weighted by atomic mass is 16.5. The molecule has 0 aliphatic carbocycles. The van der Waals surface area contributed by atoms with E-state index >= 15 is 0 Å². The standard InChI is InChI=1S/C15H24N2O2/c1-4-17(5-2)12-15(16,14(18)19-6-3)13-10-8-7-9-11-13/h7-11H,4-6,12,16H2,1-3H3. The molecule has 0 aliphatic rings. The van der Waals surface area contributed by atoms with E-state index in [0.29, 0.717) is 13.2 Å². The molecule has 4 nitrogen and oxygen atoms in total. The Labute approximate surface area is 115 Å². The van der Waals surface area contributed by atoms with E-state index in [1.807, 2.05) is 30.3 Å². The first-order valence-corrected chi connectivity index (χ1v) is 6.82. The van der Waals surface area contributed by atoms with E-state index in [1.54, 1.807) is 6.92 Å². The minimum absolute atomic E-state index is 0.336. The summed E-state index contributed by atoms with van der Waals surface area (Å²) >= 11 is 0. The highest BCUT2D eigenvalue weighted by molar-refractivity contribution is 5.82. The number of nitrogens with zero attached hydrogens (tertiary/aromatic N) is 1. The maximum Gasteiger partial charge on any atom is 0.332 e. The Kier molecular flexibility index (Phi) is 5.99. The molecule has 0 radical (unpaired) electrons. The molecular formula is C15H24N2O2. The lowest BCUT2D eigenvalue weighted by Gasteiger charge is -2.32. The van der Waals surface area contributed by atoms with Crippen molar-refractivity contribution in [2.45, 2.75) is 26.3 Å². The van der Waals surface area contributed by atoms with Gasteiger partial charge in [0, 0.05) is 6.54 Å². The first-order chi connectivity index (χ1) is 9.08. The molecule has 0 saturated heterocycles. The minimum Gasteiger partial charge on any atom is -0.464 e. The van der Waals surface area contributed by atoms with Crippen molar-refractivity contribution in [1.82, 2.24) is 4.90 Å². The average Bonchev–Trinajstić information content (AvgIpc) is 2.45. The van der Waals surface area contributed by atoms with Gasteiger partial charge in [-0.3, -0.25) is 0 Å². The van der Waals surface area contributed by atoms with Crippen LogP contribution in [-0.4, -0.2) is 37.1 Å². The van der Waals surface area contributed by atoms with Crippen LogP contribution in [0.1, 0.15) is 26.3 Å². The second-order valence-electron chi connectivity index (χ2n) is 4.52. The van der Waals surface area contributed by atoms with Crippen molar-refractivity contribution < 1.29 is 9.53 Å². The van der Waals surface area contributed by atoms with Gasteiger partial charge in [-0.05, 0) is 25.6 Å². The van der Waals surface area contributed by atoms with Crippen LogP contribution in [0, 0.1) is 0 Å². The molecule has 0 amide bonds. The average molecular weight is 264 g/mol. The minimum atomic E-state index is -1.11. The SMILES string of the molecule is CCOC(=O)C(N)(CN(CC)CC)c1ccccc1. The van der Waals surface area contributed by atoms with Crippen LogP contribution in [0.5, 0.6) is 0 Å². The molecule has 19 heavy (non-hydrogen) atoms. The monoisotopic (exact) mass is 264 g/mol. The van der Waals surface area contributed by atoms with Gasteiger partial charge in [0.05, 0.1) is 6.61 Å². The van der Waals surface area contributed by atoms with Gasteiger partial charge in [0.15, 0.2) is 5.54 Å². The molecule has 1 unspecified atom stereocenters. The van der Waals surface area contributed by atoms with Crippen molar-refractivity contribution in [3.8, 4) is 0 Å². The number of carbonyl (C=O) groups excluding carboxylic acids is 1. The zero-order valence-corrected chi connectivity index (χ0v) is 12.1. The van der Waals surface area contributed by atoms with Crippen molar-refractivity contribution in [3.05, 3.63) is 35.9 Å². The molecule has 106 valence electrons. The van der Waals surface area contributed by atoms with Gasteiger partial charge in [0.2, 0.25) is 0 Å². The molecule has 0 spiro atoms. The summed E-state index contributed by atoms with van der Waals surface area (Å²) in [6.07, 6.45) is 0. The van der Waals surface area contributed by atoms with Gasteiger partial charge >= 0.3 is 5.97 Å². The highest BCUT2D eigenvalue weighted by Gasteiger charge is 2.38. The van der Waals surface area contributed by atoms with Gasteiger partial charge in [0.1, 0.15) is 0 Å². The third-order valence-corrected chi connectivity index (χ3v) is 3.30. The number of rotatable bonds is 7. The normalized spacial score (nSPS) is 14.2. The van der Waals surface area contributed by atoms with Crippen molar-refractivity contribution in [2.75, 3.05) is 26.2 Å². The second kappa shape index (κ2) is 7.26. The maximum absolute atomic E-state index is 12.3. The third-order valence-electron chi connectivity index (χ3n) is 3.30. The fourth-order valence-corrected chi connectivity index (χ4v) is 2.07. The first-order valence-electron chi connectivity index (χ1n) is 6.82. The van der Waals surface area contributed by atoms with Gasteiger partial charge in [0.25, 0.3) is 0 Å². The Bertz CT molecular complexity index is 390. The molecule has 4 heteroatoms. The molecule has 0 heterocycles. The van der Waals surface area contributed by atoms with Gasteiger partial charge in [-0.1, -0.05) is 44.2 Å². The van der Waals surface area contributed by atoms with Gasteiger partial charge in [-0.25, -0.2) is 4.79 Å². The Morgan fingerprint density at radius 2 is 1.79 bits per heavy atom. The summed E-state index contributed by atoms with van der Waals surface area (Å²) in [6, 6.07) is 9.43. The van der Waals surface area contributed by atoms with Crippen molar-refractivity contribution >= 4 is 5.97 Å². The van der Waals surface area contributed by atoms with Gasteiger partial charge < -0.3 is 15.4 Å². The zero-order valence-electron chi connectivity index (χ0n) is 12.1. The number of esters is 1. The van der Waals surface area contributed by atoms with E-state index in [9.17, 15) is 4.79 Å². The molecule has 0 aliphatic heterocycles. The van der Waals surface area contributed by atoms with Crippen LogP contribution in [0.3, 0.4) is 0 Å². The number of ether oxygens (including phenoxy) is 1. The predicted molar refractivity (Wildman–Crippen MR) is 76.7 cm³/mol. The fourth-order valence-electron chi connectivity index (χ4n) is 2.07. The lowest BCUT2D eigenvalue weighted by molar-refractivity contribution is -0.151. The van der Waals surface area contributed by atoms with Crippen LogP contribution in [0.2, 0.25) is 0 Å². The van der Waals surface area contributed by atoms with Gasteiger partial charge in [-0.15, -0.1) is 0 Å². The molecule has 1 aromatic rings. The number of carbonyl (C=O) groups is 1. The summed E-state index contributed by atoms with van der Waals surface area (Å²) in [7, 11) is 0. The Hall–Kier alpha value is -1.39. The van der Waals surface area contributed by atoms with E-state index in [2.05, 4.69) is 18.7 Å². The molecule has 1 atom stereocenters. The third kappa shape index (κ3) is 3.78. The predicted octanol–water partition coefficient (Wildman–Crippen LogP) is 1.75. The van der Waals surface area contributed by atoms with Crippen LogP contribution in [0.25, 0.3) is 0 Å². The molecular weight excluding hydrogens is 240 g/mol. The van der Waals surface area contributed by atoms with Crippen molar-refractivity contribution in [3.63, 3.8) is 0 Å². The van der Waals surface area contributed by atoms with E-state index in [0.717, 1.165) is 18.7 Å². The number of hydrogen-bond donors (Lipinski definition) is 1. The fraction of sp³-hybridized carbons (Fsp3) is 0.533. The molecule has 0 aromatic heterocycles. The number of benzene rings is 1. The van der Waals surface area contributed by atoms with Crippen LogP contribution in [0.15, 0.2) is 30.3 Å². The van der Waals surface area contributed by atoms with Gasteiger partial charge in [-0.2, -0.15) is 0 Å². The quantitative estimate of drug-likeness (QED) is 0.762. The topological polar surface area (TPSA) is 55.6 Å². The van der Waals surface area contributed by atoms with E-state index in [-0.39, 0.29) is 5.97 Å². The highest BCUT2D eigenvalue weighted by Crippen LogP contribution is 2.21. The molecule has 1 rings (SSSR count). The van der Waals surface area contributed by atoms with Crippen LogP contribution >= 0.6 is 0 Å². The Balaban J connectivity index is 3.06. The van der Waals surface area contributed by atoms with Crippen LogP contribution in [-0.2, 0) is 15.1 Å². The Morgan fingerprint density at radius 1 is 1.21 bits per heavy atom. The van der Waals surface area contributed by atoms with E-state index in [4.69, 9.17) is 10.5 Å². The second-order valence-corrected chi connectivity index (χ2v) is 4.52. The van der Waals surface area contributed by atoms with E-state index in [1.165, 1.54) is 0 Å². The lowest BCUT2D eigenvalue weighted by atomic mass is 9.90. The molecule has 2 N–H and O–H groups in total. The lowest BCUT2D eigenvalue weighted by Crippen LogP contribution is -2.54. The number of likely N-dealkylation sites (N-methyl/N-ethyl adjacent to an activating group) is 1. The summed E-state index contributed by atoms with van der Waals surface area (Å²) in [5, 5.41) is 0. The summed E-state index contributed by atoms with van der Waals surface area (Å²) in [5.41, 5.74) is 6.07. The summed E-state index contributed by atoms with van der Waals surface area (Å²) < 4.78 is 5.16. The molecule has 0 saturated carbocycles. The smallest absolute Gasteiger partial charge is 0.332 e. The zero-order chi connectivity index (χ0) is 14.3. The molecule has 1 aromatic carbocycles. The largest absolute Gasteiger partial charge is 0.464 e. The van der Waals surface area contributed by atoms with Crippen LogP contribution in [0.4, 0.5) is 0 Å².